The van der Waals surface area contributed by atoms with Crippen molar-refractivity contribution < 1.29 is 9.21 Å². The molecule has 0 saturated carbocycles. The van der Waals surface area contributed by atoms with Gasteiger partial charge in [0.15, 0.2) is 6.29 Å². The van der Waals surface area contributed by atoms with Gasteiger partial charge < -0.3 is 4.42 Å². The molecule has 2 aromatic rings. The fourth-order valence-electron chi connectivity index (χ4n) is 1.60. The van der Waals surface area contributed by atoms with E-state index in [-0.39, 0.29) is 5.22 Å². The summed E-state index contributed by atoms with van der Waals surface area (Å²) < 4.78 is 5.34. The maximum atomic E-state index is 10.8. The van der Waals surface area contributed by atoms with Crippen molar-refractivity contribution in [3.63, 3.8) is 0 Å². The molecular formula is C11H9ClO2. The number of carbonyl (C=O) groups excluding carboxylic acids is 1. The lowest BCUT2D eigenvalue weighted by Crippen LogP contribution is -1.82. The molecule has 2 rings (SSSR count). The molecule has 0 aliphatic heterocycles. The van der Waals surface area contributed by atoms with Gasteiger partial charge >= 0.3 is 0 Å². The Morgan fingerprint density at radius 2 is 1.93 bits per heavy atom. The summed E-state index contributed by atoms with van der Waals surface area (Å²) in [4.78, 5) is 10.8. The number of fused-ring (bicyclic) bond motifs is 1. The van der Waals surface area contributed by atoms with Crippen molar-refractivity contribution in [3.8, 4) is 0 Å². The highest BCUT2D eigenvalue weighted by Gasteiger charge is 2.14. The second-order valence-electron chi connectivity index (χ2n) is 3.31. The Hall–Kier alpha value is -1.28. The maximum Gasteiger partial charge on any atom is 0.205 e. The van der Waals surface area contributed by atoms with E-state index in [4.69, 9.17) is 16.0 Å². The van der Waals surface area contributed by atoms with E-state index < -0.39 is 0 Å². The van der Waals surface area contributed by atoms with Crippen LogP contribution in [0.4, 0.5) is 0 Å². The maximum absolute atomic E-state index is 10.8. The van der Waals surface area contributed by atoms with Gasteiger partial charge in [-0.25, -0.2) is 0 Å². The quantitative estimate of drug-likeness (QED) is 0.672. The van der Waals surface area contributed by atoms with Crippen LogP contribution in [0.5, 0.6) is 0 Å². The molecular weight excluding hydrogens is 200 g/mol. The van der Waals surface area contributed by atoms with E-state index in [0.29, 0.717) is 11.1 Å². The summed E-state index contributed by atoms with van der Waals surface area (Å²) in [5.74, 6) is 0. The molecule has 72 valence electrons. The van der Waals surface area contributed by atoms with Gasteiger partial charge in [-0.3, -0.25) is 4.79 Å². The minimum atomic E-state index is 0.174. The van der Waals surface area contributed by atoms with E-state index in [1.807, 2.05) is 26.0 Å². The highest BCUT2D eigenvalue weighted by molar-refractivity contribution is 6.33. The third-order valence-corrected chi connectivity index (χ3v) is 2.63. The monoisotopic (exact) mass is 208 g/mol. The van der Waals surface area contributed by atoms with Crippen molar-refractivity contribution in [1.82, 2.24) is 0 Å². The Morgan fingerprint density at radius 3 is 2.57 bits per heavy atom. The topological polar surface area (TPSA) is 30.2 Å². The molecule has 0 atom stereocenters. The van der Waals surface area contributed by atoms with Crippen LogP contribution < -0.4 is 0 Å². The first kappa shape index (κ1) is 9.28. The molecule has 0 saturated heterocycles. The lowest BCUT2D eigenvalue weighted by atomic mass is 10.1. The first-order chi connectivity index (χ1) is 6.65. The average Bonchev–Trinajstić information content (AvgIpc) is 2.50. The van der Waals surface area contributed by atoms with Gasteiger partial charge in [-0.15, -0.1) is 0 Å². The Balaban J connectivity index is 3.00. The molecule has 0 unspecified atom stereocenters. The SMILES string of the molecule is Cc1ccc(C)c2c(C=O)c(Cl)oc12. The molecule has 0 aliphatic rings. The van der Waals surface area contributed by atoms with Gasteiger partial charge in [-0.05, 0) is 36.6 Å². The third kappa shape index (κ3) is 1.15. The molecule has 2 nitrogen and oxygen atoms in total. The van der Waals surface area contributed by atoms with Gasteiger partial charge in [0.2, 0.25) is 5.22 Å². The van der Waals surface area contributed by atoms with Gasteiger partial charge in [-0.1, -0.05) is 12.1 Å². The van der Waals surface area contributed by atoms with Crippen LogP contribution in [-0.4, -0.2) is 6.29 Å². The Labute approximate surface area is 86.5 Å². The van der Waals surface area contributed by atoms with Gasteiger partial charge in [-0.2, -0.15) is 0 Å². The van der Waals surface area contributed by atoms with Crippen molar-refractivity contribution >= 4 is 28.9 Å². The van der Waals surface area contributed by atoms with Crippen molar-refractivity contribution in [2.75, 3.05) is 0 Å². The summed E-state index contributed by atoms with van der Waals surface area (Å²) in [6, 6.07) is 3.91. The Kier molecular flexibility index (Phi) is 2.08. The number of furan rings is 1. The minimum absolute atomic E-state index is 0.174. The summed E-state index contributed by atoms with van der Waals surface area (Å²) in [6.45, 7) is 3.86. The standard InChI is InChI=1S/C11H9ClO2/c1-6-3-4-7(2)10-9(6)8(5-13)11(12)14-10/h3-5H,1-2H3. The molecule has 0 amide bonds. The zero-order valence-electron chi connectivity index (χ0n) is 7.93. The number of aryl methyl sites for hydroxylation is 2. The van der Waals surface area contributed by atoms with Crippen molar-refractivity contribution in [1.29, 1.82) is 0 Å². The molecule has 3 heteroatoms. The molecule has 0 fully saturated rings. The minimum Gasteiger partial charge on any atom is -0.444 e. The molecule has 0 N–H and O–H groups in total. The average molecular weight is 209 g/mol. The van der Waals surface area contributed by atoms with E-state index in [1.165, 1.54) is 0 Å². The summed E-state index contributed by atoms with van der Waals surface area (Å²) in [5, 5.41) is 0.998. The van der Waals surface area contributed by atoms with Gasteiger partial charge in [0.25, 0.3) is 0 Å². The number of aldehydes is 1. The van der Waals surface area contributed by atoms with Crippen LogP contribution in [0.15, 0.2) is 16.5 Å². The van der Waals surface area contributed by atoms with Crippen molar-refractivity contribution in [3.05, 3.63) is 34.0 Å². The predicted molar refractivity (Wildman–Crippen MR) is 56.1 cm³/mol. The fourth-order valence-corrected chi connectivity index (χ4v) is 1.82. The molecule has 1 aromatic heterocycles. The van der Waals surface area contributed by atoms with E-state index >= 15 is 0 Å². The molecule has 0 radical (unpaired) electrons. The number of hydrogen-bond donors (Lipinski definition) is 0. The van der Waals surface area contributed by atoms with E-state index in [9.17, 15) is 4.79 Å². The zero-order chi connectivity index (χ0) is 10.3. The molecule has 14 heavy (non-hydrogen) atoms. The Morgan fingerprint density at radius 1 is 1.29 bits per heavy atom. The number of rotatable bonds is 1. The largest absolute Gasteiger partial charge is 0.444 e. The summed E-state index contributed by atoms with van der Waals surface area (Å²) >= 11 is 5.81. The lowest BCUT2D eigenvalue weighted by molar-refractivity contribution is 0.112. The van der Waals surface area contributed by atoms with Crippen LogP contribution >= 0.6 is 11.6 Å². The van der Waals surface area contributed by atoms with Gasteiger partial charge in [0.05, 0.1) is 5.56 Å². The summed E-state index contributed by atoms with van der Waals surface area (Å²) in [7, 11) is 0. The first-order valence-electron chi connectivity index (χ1n) is 4.28. The first-order valence-corrected chi connectivity index (χ1v) is 4.66. The highest BCUT2D eigenvalue weighted by atomic mass is 35.5. The summed E-state index contributed by atoms with van der Waals surface area (Å²) in [6.07, 6.45) is 0.737. The zero-order valence-corrected chi connectivity index (χ0v) is 8.68. The molecule has 0 aliphatic carbocycles. The predicted octanol–water partition coefficient (Wildman–Crippen LogP) is 3.52. The van der Waals surface area contributed by atoms with Crippen LogP contribution in [0.2, 0.25) is 5.22 Å². The molecule has 0 bridgehead atoms. The normalized spacial score (nSPS) is 10.8. The van der Waals surface area contributed by atoms with Gasteiger partial charge in [0, 0.05) is 5.39 Å². The number of benzene rings is 1. The van der Waals surface area contributed by atoms with E-state index in [1.54, 1.807) is 0 Å². The second kappa shape index (κ2) is 3.14. The van der Waals surface area contributed by atoms with Crippen LogP contribution in [0.1, 0.15) is 21.5 Å². The second-order valence-corrected chi connectivity index (χ2v) is 3.65. The smallest absolute Gasteiger partial charge is 0.205 e. The van der Waals surface area contributed by atoms with Crippen LogP contribution in [0.3, 0.4) is 0 Å². The van der Waals surface area contributed by atoms with Crippen LogP contribution in [-0.2, 0) is 0 Å². The Bertz CT molecular complexity index is 511. The number of halogens is 1. The molecule has 1 heterocycles. The number of carbonyl (C=O) groups is 1. The lowest BCUT2D eigenvalue weighted by Gasteiger charge is -1.97. The van der Waals surface area contributed by atoms with Crippen molar-refractivity contribution in [2.24, 2.45) is 0 Å². The fraction of sp³-hybridized carbons (Fsp3) is 0.182. The van der Waals surface area contributed by atoms with E-state index in [0.717, 1.165) is 22.8 Å². The molecule has 1 aromatic carbocycles. The summed E-state index contributed by atoms with van der Waals surface area (Å²) in [5.41, 5.74) is 3.14. The third-order valence-electron chi connectivity index (χ3n) is 2.35. The van der Waals surface area contributed by atoms with E-state index in [2.05, 4.69) is 0 Å². The highest BCUT2D eigenvalue weighted by Crippen LogP contribution is 2.32. The van der Waals surface area contributed by atoms with Gasteiger partial charge in [0.1, 0.15) is 5.58 Å². The number of hydrogen-bond acceptors (Lipinski definition) is 2. The van der Waals surface area contributed by atoms with Crippen LogP contribution in [0.25, 0.3) is 11.0 Å². The van der Waals surface area contributed by atoms with Crippen LogP contribution in [0, 0.1) is 13.8 Å². The van der Waals surface area contributed by atoms with Crippen molar-refractivity contribution in [2.45, 2.75) is 13.8 Å². The molecule has 0 spiro atoms.